The molecule has 1 heterocycles. The van der Waals surface area contributed by atoms with Crippen LogP contribution in [0.5, 0.6) is 5.75 Å². The number of benzene rings is 2. The highest BCUT2D eigenvalue weighted by molar-refractivity contribution is 6.46. The van der Waals surface area contributed by atoms with Crippen molar-refractivity contribution in [2.24, 2.45) is 0 Å². The lowest BCUT2D eigenvalue weighted by molar-refractivity contribution is -0.140. The van der Waals surface area contributed by atoms with Gasteiger partial charge in [-0.25, -0.2) is 4.39 Å². The summed E-state index contributed by atoms with van der Waals surface area (Å²) in [6, 6.07) is 11.4. The molecule has 3 rings (SSSR count). The Balaban J connectivity index is 2.07. The largest absolute Gasteiger partial charge is 0.507 e. The van der Waals surface area contributed by atoms with Crippen LogP contribution in [0.15, 0.2) is 54.1 Å². The highest BCUT2D eigenvalue weighted by Gasteiger charge is 2.45. The first kappa shape index (κ1) is 21.5. The van der Waals surface area contributed by atoms with E-state index in [1.807, 2.05) is 6.92 Å². The van der Waals surface area contributed by atoms with Crippen molar-refractivity contribution in [2.45, 2.75) is 19.4 Å². The van der Waals surface area contributed by atoms with Crippen molar-refractivity contribution in [3.05, 3.63) is 71.0 Å². The molecule has 1 fully saturated rings. The number of carbonyl (C=O) groups is 2. The molecule has 2 aromatic carbocycles. The number of ketones is 1. The first-order chi connectivity index (χ1) is 14.5. The van der Waals surface area contributed by atoms with Gasteiger partial charge in [-0.05, 0) is 55.3 Å². The van der Waals surface area contributed by atoms with Crippen LogP contribution in [0.4, 0.5) is 4.39 Å². The van der Waals surface area contributed by atoms with E-state index >= 15 is 0 Å². The molecule has 1 amide bonds. The van der Waals surface area contributed by atoms with Crippen LogP contribution in [0.1, 0.15) is 30.5 Å². The number of likely N-dealkylation sites (tertiary alicyclic amines) is 1. The maximum Gasteiger partial charge on any atom is 0.295 e. The van der Waals surface area contributed by atoms with E-state index in [1.165, 1.54) is 29.2 Å². The summed E-state index contributed by atoms with van der Waals surface area (Å²) in [5, 5.41) is 10.9. The third kappa shape index (κ3) is 4.36. The SMILES string of the molecule is CCOc1ccc(C2/C(=C(/O)c3ccc(F)cc3)C(=O)C(=O)N2CCCOC)cc1. The normalized spacial score (nSPS) is 18.1. The summed E-state index contributed by atoms with van der Waals surface area (Å²) in [6.07, 6.45) is 0.535. The number of hydrogen-bond acceptors (Lipinski definition) is 5. The monoisotopic (exact) mass is 413 g/mol. The Morgan fingerprint density at radius 2 is 1.77 bits per heavy atom. The molecule has 1 aliphatic heterocycles. The summed E-state index contributed by atoms with van der Waals surface area (Å²) in [5.41, 5.74) is 0.911. The second kappa shape index (κ2) is 9.54. The third-order valence-corrected chi connectivity index (χ3v) is 4.91. The van der Waals surface area contributed by atoms with Gasteiger partial charge in [0.2, 0.25) is 0 Å². The van der Waals surface area contributed by atoms with Gasteiger partial charge in [0.25, 0.3) is 11.7 Å². The summed E-state index contributed by atoms with van der Waals surface area (Å²) in [7, 11) is 1.56. The van der Waals surface area contributed by atoms with Crippen LogP contribution in [0.2, 0.25) is 0 Å². The minimum Gasteiger partial charge on any atom is -0.507 e. The average molecular weight is 413 g/mol. The number of carbonyl (C=O) groups excluding carboxylic acids is 2. The Morgan fingerprint density at radius 1 is 1.10 bits per heavy atom. The topological polar surface area (TPSA) is 76.1 Å². The molecule has 0 spiro atoms. The number of nitrogens with zero attached hydrogens (tertiary/aromatic N) is 1. The predicted molar refractivity (Wildman–Crippen MR) is 110 cm³/mol. The van der Waals surface area contributed by atoms with Crippen LogP contribution in [0, 0.1) is 5.82 Å². The summed E-state index contributed by atoms with van der Waals surface area (Å²) in [5.74, 6) is -1.59. The smallest absolute Gasteiger partial charge is 0.295 e. The maximum atomic E-state index is 13.3. The minimum absolute atomic E-state index is 0.0202. The van der Waals surface area contributed by atoms with Crippen molar-refractivity contribution in [2.75, 3.05) is 26.9 Å². The summed E-state index contributed by atoms with van der Waals surface area (Å²) >= 11 is 0. The van der Waals surface area contributed by atoms with Gasteiger partial charge >= 0.3 is 0 Å². The Bertz CT molecular complexity index is 937. The van der Waals surface area contributed by atoms with Crippen LogP contribution in [-0.4, -0.2) is 48.6 Å². The number of amides is 1. The minimum atomic E-state index is -0.770. The lowest BCUT2D eigenvalue weighted by Gasteiger charge is -2.25. The molecule has 158 valence electrons. The molecule has 0 saturated carbocycles. The van der Waals surface area contributed by atoms with E-state index in [-0.39, 0.29) is 23.4 Å². The molecule has 0 aliphatic carbocycles. The highest BCUT2D eigenvalue weighted by atomic mass is 19.1. The zero-order chi connectivity index (χ0) is 21.7. The van der Waals surface area contributed by atoms with E-state index < -0.39 is 23.5 Å². The zero-order valence-electron chi connectivity index (χ0n) is 16.9. The molecule has 30 heavy (non-hydrogen) atoms. The van der Waals surface area contributed by atoms with Gasteiger partial charge in [-0.2, -0.15) is 0 Å². The third-order valence-electron chi connectivity index (χ3n) is 4.91. The maximum absolute atomic E-state index is 13.3. The lowest BCUT2D eigenvalue weighted by Crippen LogP contribution is -2.31. The standard InChI is InChI=1S/C23H24FNO5/c1-3-30-18-11-7-15(8-12-18)20-19(21(26)16-5-9-17(24)10-6-16)22(27)23(28)25(20)13-4-14-29-2/h5-12,20,26H,3-4,13-14H2,1-2H3/b21-19-. The Hall–Kier alpha value is -3.19. The molecule has 7 heteroatoms. The fraction of sp³-hybridized carbons (Fsp3) is 0.304. The van der Waals surface area contributed by atoms with Gasteiger partial charge in [0.05, 0.1) is 18.2 Å². The molecule has 0 radical (unpaired) electrons. The highest BCUT2D eigenvalue weighted by Crippen LogP contribution is 2.39. The first-order valence-corrected chi connectivity index (χ1v) is 9.74. The van der Waals surface area contributed by atoms with Gasteiger partial charge in [0, 0.05) is 25.8 Å². The van der Waals surface area contributed by atoms with Gasteiger partial charge in [-0.15, -0.1) is 0 Å². The Labute approximate surface area is 174 Å². The Morgan fingerprint density at radius 3 is 2.37 bits per heavy atom. The van der Waals surface area contributed by atoms with Crippen molar-refractivity contribution < 1.29 is 28.6 Å². The second-order valence-electron chi connectivity index (χ2n) is 6.85. The van der Waals surface area contributed by atoms with E-state index in [0.717, 1.165) is 0 Å². The van der Waals surface area contributed by atoms with Gasteiger partial charge in [-0.1, -0.05) is 12.1 Å². The fourth-order valence-electron chi connectivity index (χ4n) is 3.51. The molecule has 1 atom stereocenters. The average Bonchev–Trinajstić information content (AvgIpc) is 3.00. The molecule has 1 N–H and O–H groups in total. The molecular formula is C23H24FNO5. The number of ether oxygens (including phenoxy) is 2. The number of hydrogen-bond donors (Lipinski definition) is 1. The van der Waals surface area contributed by atoms with Crippen molar-refractivity contribution in [1.82, 2.24) is 4.90 Å². The van der Waals surface area contributed by atoms with E-state index in [4.69, 9.17) is 9.47 Å². The van der Waals surface area contributed by atoms with Gasteiger partial charge < -0.3 is 19.5 Å². The molecule has 0 bridgehead atoms. The molecule has 6 nitrogen and oxygen atoms in total. The first-order valence-electron chi connectivity index (χ1n) is 9.74. The van der Waals surface area contributed by atoms with Crippen LogP contribution in [0.25, 0.3) is 5.76 Å². The number of Topliss-reactive ketones (excluding diaryl/α,β-unsaturated/α-hetero) is 1. The molecule has 0 aromatic heterocycles. The van der Waals surface area contributed by atoms with E-state index in [2.05, 4.69) is 0 Å². The van der Waals surface area contributed by atoms with Crippen LogP contribution < -0.4 is 4.74 Å². The Kier molecular flexibility index (Phi) is 6.84. The van der Waals surface area contributed by atoms with Crippen molar-refractivity contribution in [3.63, 3.8) is 0 Å². The fourth-order valence-corrected chi connectivity index (χ4v) is 3.51. The second-order valence-corrected chi connectivity index (χ2v) is 6.85. The molecular weight excluding hydrogens is 389 g/mol. The number of aliphatic hydroxyl groups excluding tert-OH is 1. The molecule has 1 aliphatic rings. The zero-order valence-corrected chi connectivity index (χ0v) is 16.9. The van der Waals surface area contributed by atoms with E-state index in [0.29, 0.717) is 30.9 Å². The van der Waals surface area contributed by atoms with Crippen molar-refractivity contribution in [3.8, 4) is 5.75 Å². The van der Waals surface area contributed by atoms with Crippen molar-refractivity contribution >= 4 is 17.4 Å². The van der Waals surface area contributed by atoms with Gasteiger partial charge in [0.1, 0.15) is 17.3 Å². The predicted octanol–water partition coefficient (Wildman–Crippen LogP) is 3.68. The summed E-state index contributed by atoms with van der Waals surface area (Å²) < 4.78 is 23.8. The van der Waals surface area contributed by atoms with Crippen LogP contribution in [0.3, 0.4) is 0 Å². The quantitative estimate of drug-likeness (QED) is 0.309. The summed E-state index contributed by atoms with van der Waals surface area (Å²) in [4.78, 5) is 27.0. The summed E-state index contributed by atoms with van der Waals surface area (Å²) in [6.45, 7) is 3.11. The van der Waals surface area contributed by atoms with Gasteiger partial charge in [0.15, 0.2) is 0 Å². The van der Waals surface area contributed by atoms with Crippen LogP contribution in [-0.2, 0) is 14.3 Å². The van der Waals surface area contributed by atoms with Crippen molar-refractivity contribution in [1.29, 1.82) is 0 Å². The van der Waals surface area contributed by atoms with E-state index in [9.17, 15) is 19.1 Å². The number of aliphatic hydroxyl groups is 1. The molecule has 1 saturated heterocycles. The molecule has 2 aromatic rings. The molecule has 1 unspecified atom stereocenters. The number of rotatable bonds is 8. The van der Waals surface area contributed by atoms with Gasteiger partial charge in [-0.3, -0.25) is 9.59 Å². The van der Waals surface area contributed by atoms with E-state index in [1.54, 1.807) is 31.4 Å². The number of methoxy groups -OCH3 is 1. The number of halogens is 1. The lowest BCUT2D eigenvalue weighted by atomic mass is 9.95. The van der Waals surface area contributed by atoms with Crippen LogP contribution >= 0.6 is 0 Å².